The lowest BCUT2D eigenvalue weighted by Crippen LogP contribution is -2.20. The number of aromatic nitrogens is 3. The molecule has 1 aromatic carbocycles. The van der Waals surface area contributed by atoms with Crippen molar-refractivity contribution in [3.63, 3.8) is 0 Å². The first-order chi connectivity index (χ1) is 8.24. The fourth-order valence-electron chi connectivity index (χ4n) is 1.12. The van der Waals surface area contributed by atoms with Crippen LogP contribution in [0.15, 0.2) is 30.5 Å². The average molecular weight is 253 g/mol. The molecule has 2 aromatic rings. The predicted molar refractivity (Wildman–Crippen MR) is 62.0 cm³/mol. The third kappa shape index (κ3) is 3.46. The molecule has 88 valence electrons. The molecule has 6 nitrogen and oxygen atoms in total. The molecule has 1 aromatic heterocycles. The maximum absolute atomic E-state index is 11.4. The van der Waals surface area contributed by atoms with Crippen molar-refractivity contribution in [2.24, 2.45) is 0 Å². The number of benzene rings is 1. The van der Waals surface area contributed by atoms with Crippen LogP contribution in [0.2, 0.25) is 5.02 Å². The van der Waals surface area contributed by atoms with Crippen LogP contribution < -0.4 is 10.1 Å². The Balaban J connectivity index is 1.82. The van der Waals surface area contributed by atoms with E-state index >= 15 is 0 Å². The van der Waals surface area contributed by atoms with E-state index in [2.05, 4.69) is 20.7 Å². The van der Waals surface area contributed by atoms with Gasteiger partial charge >= 0.3 is 0 Å². The Labute approximate surface area is 102 Å². The van der Waals surface area contributed by atoms with Crippen molar-refractivity contribution in [3.8, 4) is 5.75 Å². The molecule has 0 aliphatic heterocycles. The Morgan fingerprint density at radius 3 is 2.82 bits per heavy atom. The van der Waals surface area contributed by atoms with E-state index in [1.807, 2.05) is 0 Å². The monoisotopic (exact) mass is 252 g/mol. The summed E-state index contributed by atoms with van der Waals surface area (Å²) in [6.07, 6.45) is 1.40. The van der Waals surface area contributed by atoms with Crippen LogP contribution in [0, 0.1) is 0 Å². The van der Waals surface area contributed by atoms with Gasteiger partial charge in [0.25, 0.3) is 5.91 Å². The van der Waals surface area contributed by atoms with Crippen molar-refractivity contribution in [1.29, 1.82) is 0 Å². The zero-order chi connectivity index (χ0) is 12.1. The number of hydrogen-bond donors (Lipinski definition) is 2. The molecule has 1 amide bonds. The van der Waals surface area contributed by atoms with Gasteiger partial charge in [0.05, 0.1) is 6.20 Å². The maximum atomic E-state index is 11.4. The zero-order valence-corrected chi connectivity index (χ0v) is 9.44. The van der Waals surface area contributed by atoms with Gasteiger partial charge < -0.3 is 10.1 Å². The number of H-pyrrole nitrogens is 1. The van der Waals surface area contributed by atoms with Crippen molar-refractivity contribution in [3.05, 3.63) is 35.5 Å². The summed E-state index contributed by atoms with van der Waals surface area (Å²) in [4.78, 5) is 11.4. The van der Waals surface area contributed by atoms with Crippen LogP contribution in [0.4, 0.5) is 5.82 Å². The van der Waals surface area contributed by atoms with E-state index in [0.29, 0.717) is 16.6 Å². The minimum Gasteiger partial charge on any atom is -0.484 e. The molecule has 0 aliphatic rings. The van der Waals surface area contributed by atoms with Gasteiger partial charge in [0.15, 0.2) is 12.4 Å². The van der Waals surface area contributed by atoms with Gasteiger partial charge in [-0.3, -0.25) is 4.79 Å². The molecular formula is C10H9ClN4O2. The lowest BCUT2D eigenvalue weighted by Gasteiger charge is -2.05. The van der Waals surface area contributed by atoms with Crippen molar-refractivity contribution in [2.75, 3.05) is 11.9 Å². The van der Waals surface area contributed by atoms with Gasteiger partial charge in [0, 0.05) is 5.02 Å². The number of halogens is 1. The Hall–Kier alpha value is -2.08. The van der Waals surface area contributed by atoms with E-state index < -0.39 is 0 Å². The third-order valence-electron chi connectivity index (χ3n) is 1.87. The van der Waals surface area contributed by atoms with Crippen LogP contribution in [-0.4, -0.2) is 27.9 Å². The van der Waals surface area contributed by atoms with Crippen molar-refractivity contribution >= 4 is 23.3 Å². The van der Waals surface area contributed by atoms with E-state index in [4.69, 9.17) is 16.3 Å². The van der Waals surface area contributed by atoms with Crippen LogP contribution in [0.5, 0.6) is 5.75 Å². The summed E-state index contributed by atoms with van der Waals surface area (Å²) in [5, 5.41) is 12.7. The molecule has 2 rings (SSSR count). The second kappa shape index (κ2) is 5.31. The van der Waals surface area contributed by atoms with E-state index in [0.717, 1.165) is 0 Å². The van der Waals surface area contributed by atoms with E-state index in [1.165, 1.54) is 6.20 Å². The lowest BCUT2D eigenvalue weighted by atomic mass is 10.3. The van der Waals surface area contributed by atoms with Crippen LogP contribution in [0.25, 0.3) is 0 Å². The topological polar surface area (TPSA) is 79.9 Å². The minimum absolute atomic E-state index is 0.103. The third-order valence-corrected chi connectivity index (χ3v) is 2.12. The quantitative estimate of drug-likeness (QED) is 0.864. The van der Waals surface area contributed by atoms with Crippen LogP contribution >= 0.6 is 11.6 Å². The van der Waals surface area contributed by atoms with Crippen LogP contribution in [-0.2, 0) is 4.79 Å². The Bertz CT molecular complexity index is 484. The normalized spacial score (nSPS) is 9.94. The van der Waals surface area contributed by atoms with Crippen LogP contribution in [0.1, 0.15) is 0 Å². The number of aromatic amines is 1. The Morgan fingerprint density at radius 1 is 1.41 bits per heavy atom. The van der Waals surface area contributed by atoms with Gasteiger partial charge in [-0.2, -0.15) is 10.3 Å². The summed E-state index contributed by atoms with van der Waals surface area (Å²) < 4.78 is 5.24. The molecule has 0 aliphatic carbocycles. The standard InChI is InChI=1S/C10H9ClN4O2/c11-7-1-3-8(4-2-7)17-6-10(16)13-9-5-12-15-14-9/h1-5H,6H2,(H2,12,13,14,15,16). The van der Waals surface area contributed by atoms with E-state index in [-0.39, 0.29) is 12.5 Å². The first-order valence-electron chi connectivity index (χ1n) is 4.78. The maximum Gasteiger partial charge on any atom is 0.263 e. The first-order valence-corrected chi connectivity index (χ1v) is 5.16. The number of anilines is 1. The molecule has 0 spiro atoms. The second-order valence-electron chi connectivity index (χ2n) is 3.15. The fraction of sp³-hybridized carbons (Fsp3) is 0.100. The number of rotatable bonds is 4. The second-order valence-corrected chi connectivity index (χ2v) is 3.58. The lowest BCUT2D eigenvalue weighted by molar-refractivity contribution is -0.118. The highest BCUT2D eigenvalue weighted by Gasteiger charge is 2.05. The van der Waals surface area contributed by atoms with Crippen LogP contribution in [0.3, 0.4) is 0 Å². The minimum atomic E-state index is -0.311. The number of carbonyl (C=O) groups is 1. The number of ether oxygens (including phenoxy) is 1. The van der Waals surface area contributed by atoms with Gasteiger partial charge in [-0.1, -0.05) is 11.6 Å². The van der Waals surface area contributed by atoms with Gasteiger partial charge in [-0.15, -0.1) is 5.10 Å². The molecule has 17 heavy (non-hydrogen) atoms. The highest BCUT2D eigenvalue weighted by Crippen LogP contribution is 2.15. The molecule has 2 N–H and O–H groups in total. The summed E-state index contributed by atoms with van der Waals surface area (Å²) in [5.41, 5.74) is 0. The molecular weight excluding hydrogens is 244 g/mol. The van der Waals surface area contributed by atoms with E-state index in [1.54, 1.807) is 24.3 Å². The largest absolute Gasteiger partial charge is 0.484 e. The summed E-state index contributed by atoms with van der Waals surface area (Å²) in [6, 6.07) is 6.75. The molecule has 0 atom stereocenters. The first kappa shape index (κ1) is 11.4. The summed E-state index contributed by atoms with van der Waals surface area (Å²) in [5.74, 6) is 0.619. The molecule has 0 fully saturated rings. The molecule has 1 heterocycles. The van der Waals surface area contributed by atoms with Gasteiger partial charge in [0.2, 0.25) is 0 Å². The van der Waals surface area contributed by atoms with Crippen molar-refractivity contribution < 1.29 is 9.53 Å². The zero-order valence-electron chi connectivity index (χ0n) is 8.68. The molecule has 0 saturated carbocycles. The van der Waals surface area contributed by atoms with Gasteiger partial charge in [-0.25, -0.2) is 0 Å². The number of nitrogens with one attached hydrogen (secondary N) is 2. The Morgan fingerprint density at radius 2 is 2.18 bits per heavy atom. The average Bonchev–Trinajstić information content (AvgIpc) is 2.81. The van der Waals surface area contributed by atoms with Gasteiger partial charge in [0.1, 0.15) is 5.75 Å². The SMILES string of the molecule is O=C(COc1ccc(Cl)cc1)Nc1cn[nH]n1. The molecule has 0 unspecified atom stereocenters. The smallest absolute Gasteiger partial charge is 0.263 e. The van der Waals surface area contributed by atoms with Crippen molar-refractivity contribution in [1.82, 2.24) is 15.4 Å². The number of hydrogen-bond acceptors (Lipinski definition) is 4. The predicted octanol–water partition coefficient (Wildman–Crippen LogP) is 1.48. The number of nitrogens with zero attached hydrogens (tertiary/aromatic N) is 2. The summed E-state index contributed by atoms with van der Waals surface area (Å²) in [6.45, 7) is -0.103. The highest BCUT2D eigenvalue weighted by molar-refractivity contribution is 6.30. The molecule has 0 bridgehead atoms. The number of amides is 1. The van der Waals surface area contributed by atoms with Gasteiger partial charge in [-0.05, 0) is 24.3 Å². The van der Waals surface area contributed by atoms with E-state index in [9.17, 15) is 4.79 Å². The molecule has 0 radical (unpaired) electrons. The summed E-state index contributed by atoms with van der Waals surface area (Å²) in [7, 11) is 0. The highest BCUT2D eigenvalue weighted by atomic mass is 35.5. The molecule has 7 heteroatoms. The molecule has 0 saturated heterocycles. The Kier molecular flexibility index (Phi) is 3.56. The van der Waals surface area contributed by atoms with Crippen molar-refractivity contribution in [2.45, 2.75) is 0 Å². The number of carbonyl (C=O) groups excluding carboxylic acids is 1. The summed E-state index contributed by atoms with van der Waals surface area (Å²) >= 11 is 5.72. The fourth-order valence-corrected chi connectivity index (χ4v) is 1.25.